The highest BCUT2D eigenvalue weighted by molar-refractivity contribution is 5.93. The number of fused-ring (bicyclic) bond motifs is 1. The van der Waals surface area contributed by atoms with E-state index in [0.717, 1.165) is 36.1 Å². The van der Waals surface area contributed by atoms with Crippen LogP contribution in [0.25, 0.3) is 0 Å². The van der Waals surface area contributed by atoms with Gasteiger partial charge in [-0.05, 0) is 99.3 Å². The van der Waals surface area contributed by atoms with Crippen LogP contribution in [0.15, 0.2) is 54.7 Å². The molecule has 1 atom stereocenters. The van der Waals surface area contributed by atoms with Crippen LogP contribution in [-0.2, 0) is 35.2 Å². The van der Waals surface area contributed by atoms with Crippen molar-refractivity contribution in [2.24, 2.45) is 11.8 Å². The summed E-state index contributed by atoms with van der Waals surface area (Å²) in [4.78, 5) is 31.2. The molecule has 0 aliphatic heterocycles. The minimum atomic E-state index is -4.51. The first-order chi connectivity index (χ1) is 19.0. The van der Waals surface area contributed by atoms with Crippen molar-refractivity contribution in [3.05, 3.63) is 77.0 Å². The highest BCUT2D eigenvalue weighted by Gasteiger charge is 2.32. The number of aryl methyl sites for hydroxylation is 1. The van der Waals surface area contributed by atoms with Gasteiger partial charge in [-0.2, -0.15) is 13.2 Å². The van der Waals surface area contributed by atoms with Crippen LogP contribution in [0, 0.1) is 11.8 Å². The quantitative estimate of drug-likeness (QED) is 0.356. The third-order valence-corrected chi connectivity index (χ3v) is 7.03. The first-order valence-electron chi connectivity index (χ1n) is 13.3. The van der Waals surface area contributed by atoms with Gasteiger partial charge in [0, 0.05) is 36.3 Å². The van der Waals surface area contributed by atoms with E-state index in [4.69, 9.17) is 4.74 Å². The maximum absolute atomic E-state index is 13.5. The number of hydrogen-bond acceptors (Lipinski definition) is 5. The van der Waals surface area contributed by atoms with E-state index in [2.05, 4.69) is 15.6 Å². The van der Waals surface area contributed by atoms with Crippen molar-refractivity contribution in [1.82, 2.24) is 9.88 Å². The van der Waals surface area contributed by atoms with Crippen LogP contribution in [-0.4, -0.2) is 35.8 Å². The van der Waals surface area contributed by atoms with E-state index in [1.165, 1.54) is 0 Å². The molecule has 7 nitrogen and oxygen atoms in total. The number of amides is 2. The molecule has 1 fully saturated rings. The van der Waals surface area contributed by atoms with Crippen molar-refractivity contribution in [3.8, 4) is 11.5 Å². The van der Waals surface area contributed by atoms with Gasteiger partial charge < -0.3 is 20.3 Å². The molecule has 10 heteroatoms. The molecule has 0 radical (unpaired) electrons. The van der Waals surface area contributed by atoms with E-state index < -0.39 is 11.7 Å². The Morgan fingerprint density at radius 2 is 1.68 bits per heavy atom. The molecule has 0 saturated heterocycles. The summed E-state index contributed by atoms with van der Waals surface area (Å²) in [6.07, 6.45) is 0.558. The Kier molecular flexibility index (Phi) is 7.80. The molecule has 2 aliphatic rings. The van der Waals surface area contributed by atoms with Crippen molar-refractivity contribution in [1.29, 1.82) is 0 Å². The van der Waals surface area contributed by atoms with Crippen molar-refractivity contribution in [2.45, 2.75) is 44.8 Å². The number of nitrogens with one attached hydrogen (secondary N) is 2. The van der Waals surface area contributed by atoms with E-state index in [1.807, 2.05) is 18.2 Å². The predicted octanol–water partition coefficient (Wildman–Crippen LogP) is 6.05. The van der Waals surface area contributed by atoms with E-state index in [0.29, 0.717) is 48.7 Å². The fourth-order valence-corrected chi connectivity index (χ4v) is 4.90. The average Bonchev–Trinajstić information content (AvgIpc) is 3.73. The number of carbonyl (C=O) groups excluding carboxylic acids is 2. The second-order valence-electron chi connectivity index (χ2n) is 10.8. The molecule has 0 spiro atoms. The number of carbonyl (C=O) groups is 2. The van der Waals surface area contributed by atoms with Crippen LogP contribution >= 0.6 is 0 Å². The van der Waals surface area contributed by atoms with Gasteiger partial charge in [-0.15, -0.1) is 0 Å². The molecule has 1 heterocycles. The zero-order valence-corrected chi connectivity index (χ0v) is 22.3. The molecule has 1 saturated carbocycles. The smallest absolute Gasteiger partial charge is 0.416 e. The fraction of sp³-hybridized carbons (Fsp3) is 0.367. The Hall–Kier alpha value is -3.92. The Morgan fingerprint density at radius 1 is 0.925 bits per heavy atom. The van der Waals surface area contributed by atoms with Gasteiger partial charge in [0.05, 0.1) is 5.56 Å². The van der Waals surface area contributed by atoms with E-state index in [1.54, 1.807) is 43.4 Å². The Balaban J connectivity index is 1.27. The summed E-state index contributed by atoms with van der Waals surface area (Å²) in [6, 6.07) is 12.8. The molecule has 40 heavy (non-hydrogen) atoms. The normalized spacial score (nSPS) is 16.8. The molecule has 3 aromatic rings. The maximum atomic E-state index is 13.5. The molecule has 2 aromatic carbocycles. The zero-order chi connectivity index (χ0) is 28.4. The summed E-state index contributed by atoms with van der Waals surface area (Å²) in [6.45, 7) is 0.318. The number of nitrogens with zero attached hydrogens (tertiary/aromatic N) is 2. The lowest BCUT2D eigenvalue weighted by atomic mass is 9.83. The number of halogens is 3. The van der Waals surface area contributed by atoms with Crippen LogP contribution in [0.4, 0.5) is 24.7 Å². The van der Waals surface area contributed by atoms with Crippen molar-refractivity contribution in [3.63, 3.8) is 0 Å². The lowest BCUT2D eigenvalue weighted by Gasteiger charge is -2.25. The molecule has 0 bridgehead atoms. The number of benzene rings is 2. The fourth-order valence-electron chi connectivity index (χ4n) is 4.90. The van der Waals surface area contributed by atoms with Crippen LogP contribution in [0.5, 0.6) is 11.5 Å². The number of alkyl halides is 3. The summed E-state index contributed by atoms with van der Waals surface area (Å²) in [5.41, 5.74) is 1.89. The maximum Gasteiger partial charge on any atom is 0.416 e. The third-order valence-electron chi connectivity index (χ3n) is 7.03. The number of hydrogen-bond donors (Lipinski definition) is 2. The summed E-state index contributed by atoms with van der Waals surface area (Å²) >= 11 is 0. The first kappa shape index (κ1) is 27.6. The number of ether oxygens (including phenoxy) is 1. The number of aromatic nitrogens is 1. The van der Waals surface area contributed by atoms with Gasteiger partial charge in [0.25, 0.3) is 0 Å². The first-order valence-corrected chi connectivity index (χ1v) is 13.3. The van der Waals surface area contributed by atoms with Gasteiger partial charge in [-0.25, -0.2) is 4.98 Å². The van der Waals surface area contributed by atoms with E-state index in [-0.39, 0.29) is 29.3 Å². The third kappa shape index (κ3) is 6.98. The molecule has 2 amide bonds. The standard InChI is InChI=1S/C30H31F3N4O3/c1-37(2)17-18-11-23(30(31,32)33)15-24(12-18)35-29(39)21-6-3-19-7-8-25(14-22(19)13-21)40-26-9-10-34-27(16-26)36-28(38)20-4-5-20/h7-12,14-16,20-21H,3-6,13,17H2,1-2H3,(H,35,39)(H,34,36,38)/t21-/m0/s1. The molecule has 2 aliphatic carbocycles. The SMILES string of the molecule is CN(C)Cc1cc(NC(=O)[C@H]2CCc3ccc(Oc4ccnc(NC(=O)C5CC5)c4)cc3C2)cc(C(F)(F)F)c1. The van der Waals surface area contributed by atoms with Crippen molar-refractivity contribution < 1.29 is 27.5 Å². The van der Waals surface area contributed by atoms with Crippen molar-refractivity contribution >= 4 is 23.3 Å². The molecule has 2 N–H and O–H groups in total. The van der Waals surface area contributed by atoms with Crippen LogP contribution in [0.1, 0.15) is 41.5 Å². The highest BCUT2D eigenvalue weighted by Crippen LogP contribution is 2.35. The predicted molar refractivity (Wildman–Crippen MR) is 145 cm³/mol. The number of rotatable bonds is 8. The second-order valence-corrected chi connectivity index (χ2v) is 10.8. The Morgan fingerprint density at radius 3 is 2.40 bits per heavy atom. The van der Waals surface area contributed by atoms with Gasteiger partial charge >= 0.3 is 6.18 Å². The monoisotopic (exact) mass is 552 g/mol. The summed E-state index contributed by atoms with van der Waals surface area (Å²) in [7, 11) is 3.55. The van der Waals surface area contributed by atoms with Gasteiger partial charge in [-0.1, -0.05) is 6.07 Å². The lowest BCUT2D eigenvalue weighted by Crippen LogP contribution is -2.28. The lowest BCUT2D eigenvalue weighted by molar-refractivity contribution is -0.137. The molecular formula is C30H31F3N4O3. The molecular weight excluding hydrogens is 521 g/mol. The average molecular weight is 553 g/mol. The Bertz CT molecular complexity index is 1420. The second kappa shape index (κ2) is 11.3. The van der Waals surface area contributed by atoms with Gasteiger partial charge in [0.1, 0.15) is 17.3 Å². The zero-order valence-electron chi connectivity index (χ0n) is 22.3. The van der Waals surface area contributed by atoms with Gasteiger partial charge in [0.15, 0.2) is 0 Å². The highest BCUT2D eigenvalue weighted by atomic mass is 19.4. The molecule has 210 valence electrons. The summed E-state index contributed by atoms with van der Waals surface area (Å²) < 4.78 is 46.5. The van der Waals surface area contributed by atoms with Gasteiger partial charge in [0.2, 0.25) is 11.8 Å². The van der Waals surface area contributed by atoms with Gasteiger partial charge in [-0.3, -0.25) is 9.59 Å². The molecule has 5 rings (SSSR count). The minimum Gasteiger partial charge on any atom is -0.457 e. The van der Waals surface area contributed by atoms with Crippen LogP contribution in [0.2, 0.25) is 0 Å². The van der Waals surface area contributed by atoms with Crippen LogP contribution in [0.3, 0.4) is 0 Å². The molecule has 0 unspecified atom stereocenters. The summed E-state index contributed by atoms with van der Waals surface area (Å²) in [5.74, 6) is 0.845. The molecule has 1 aromatic heterocycles. The van der Waals surface area contributed by atoms with Crippen molar-refractivity contribution in [2.75, 3.05) is 24.7 Å². The van der Waals surface area contributed by atoms with Crippen LogP contribution < -0.4 is 15.4 Å². The number of anilines is 2. The minimum absolute atomic E-state index is 0.0400. The van der Waals surface area contributed by atoms with E-state index in [9.17, 15) is 22.8 Å². The largest absolute Gasteiger partial charge is 0.457 e. The topological polar surface area (TPSA) is 83.6 Å². The summed E-state index contributed by atoms with van der Waals surface area (Å²) in [5, 5.41) is 5.53. The Labute approximate surface area is 230 Å². The van der Waals surface area contributed by atoms with E-state index >= 15 is 0 Å². The number of pyridine rings is 1.